The molecule has 0 amide bonds. The smallest absolute Gasteiger partial charge is 0.172 e. The normalized spacial score (nSPS) is 15.9. The molecule has 0 radical (unpaired) electrons. The van der Waals surface area contributed by atoms with Crippen LogP contribution >= 0.6 is 35.4 Å². The van der Waals surface area contributed by atoms with E-state index >= 15 is 0 Å². The van der Waals surface area contributed by atoms with E-state index in [0.717, 1.165) is 0 Å². The molecule has 1 aliphatic carbocycles. The highest BCUT2D eigenvalue weighted by molar-refractivity contribution is 7.80. The highest BCUT2D eigenvalue weighted by Crippen LogP contribution is 2.23. The summed E-state index contributed by atoms with van der Waals surface area (Å²) in [6.07, 6.45) is 6.40. The van der Waals surface area contributed by atoms with Crippen LogP contribution in [0.4, 0.5) is 5.82 Å². The van der Waals surface area contributed by atoms with Crippen LogP contribution in [0.25, 0.3) is 0 Å². The standard InChI is InChI=1S/C11H13Cl2N3S/c12-7-5-9(13)10(14-6-7)16-11(17)15-8-3-1-2-4-8/h5-6,8H,1-4H2,(H2,14,15,16,17). The van der Waals surface area contributed by atoms with Gasteiger partial charge in [-0.25, -0.2) is 4.98 Å². The summed E-state index contributed by atoms with van der Waals surface area (Å²) in [7, 11) is 0. The minimum Gasteiger partial charge on any atom is -0.360 e. The molecule has 1 saturated carbocycles. The SMILES string of the molecule is S=C(Nc1ncc(Cl)cc1Cl)NC1CCCC1. The first kappa shape index (κ1) is 12.9. The summed E-state index contributed by atoms with van der Waals surface area (Å²) in [6, 6.07) is 2.11. The molecule has 1 aromatic heterocycles. The van der Waals surface area contributed by atoms with Gasteiger partial charge in [-0.15, -0.1) is 0 Å². The number of nitrogens with one attached hydrogen (secondary N) is 2. The summed E-state index contributed by atoms with van der Waals surface area (Å²) >= 11 is 17.0. The first-order chi connectivity index (χ1) is 8.15. The maximum absolute atomic E-state index is 5.99. The first-order valence-electron chi connectivity index (χ1n) is 5.54. The Kier molecular flexibility index (Phi) is 4.42. The molecule has 0 atom stereocenters. The minimum absolute atomic E-state index is 0.466. The third-order valence-corrected chi connectivity index (χ3v) is 3.44. The fourth-order valence-electron chi connectivity index (χ4n) is 1.91. The van der Waals surface area contributed by atoms with E-state index < -0.39 is 0 Å². The summed E-state index contributed by atoms with van der Waals surface area (Å²) in [6.45, 7) is 0. The van der Waals surface area contributed by atoms with Gasteiger partial charge in [0.2, 0.25) is 0 Å². The number of anilines is 1. The predicted octanol–water partition coefficient (Wildman–Crippen LogP) is 3.62. The molecule has 0 unspecified atom stereocenters. The lowest BCUT2D eigenvalue weighted by molar-refractivity contribution is 0.634. The van der Waals surface area contributed by atoms with E-state index in [-0.39, 0.29) is 0 Å². The van der Waals surface area contributed by atoms with Crippen LogP contribution < -0.4 is 10.6 Å². The van der Waals surface area contributed by atoms with Gasteiger partial charge in [0.15, 0.2) is 10.9 Å². The molecule has 6 heteroatoms. The van der Waals surface area contributed by atoms with Crippen molar-refractivity contribution in [3.8, 4) is 0 Å². The van der Waals surface area contributed by atoms with Gasteiger partial charge in [-0.3, -0.25) is 0 Å². The maximum Gasteiger partial charge on any atom is 0.172 e. The van der Waals surface area contributed by atoms with Crippen molar-refractivity contribution in [3.05, 3.63) is 22.3 Å². The molecular weight excluding hydrogens is 277 g/mol. The van der Waals surface area contributed by atoms with Gasteiger partial charge in [0, 0.05) is 12.2 Å². The summed E-state index contributed by atoms with van der Waals surface area (Å²) in [4.78, 5) is 4.09. The molecule has 1 aromatic rings. The zero-order valence-corrected chi connectivity index (χ0v) is 11.5. The van der Waals surface area contributed by atoms with Gasteiger partial charge in [0.25, 0.3) is 0 Å². The molecule has 1 heterocycles. The Morgan fingerprint density at radius 3 is 2.71 bits per heavy atom. The third-order valence-electron chi connectivity index (χ3n) is 2.73. The first-order valence-corrected chi connectivity index (χ1v) is 6.70. The Labute approximate surface area is 116 Å². The van der Waals surface area contributed by atoms with E-state index in [4.69, 9.17) is 35.4 Å². The highest BCUT2D eigenvalue weighted by atomic mass is 35.5. The summed E-state index contributed by atoms with van der Waals surface area (Å²) in [5.41, 5.74) is 0. The Balaban J connectivity index is 1.93. The van der Waals surface area contributed by atoms with Crippen molar-refractivity contribution >= 4 is 46.4 Å². The lowest BCUT2D eigenvalue weighted by Gasteiger charge is -2.15. The van der Waals surface area contributed by atoms with Crippen molar-refractivity contribution in [3.63, 3.8) is 0 Å². The summed E-state index contributed by atoms with van der Waals surface area (Å²) in [5, 5.41) is 7.78. The Morgan fingerprint density at radius 2 is 2.06 bits per heavy atom. The molecule has 0 spiro atoms. The molecule has 3 nitrogen and oxygen atoms in total. The van der Waals surface area contributed by atoms with Gasteiger partial charge >= 0.3 is 0 Å². The Bertz CT molecular complexity index is 419. The van der Waals surface area contributed by atoms with Crippen molar-refractivity contribution < 1.29 is 0 Å². The van der Waals surface area contributed by atoms with Crippen LogP contribution in [-0.4, -0.2) is 16.1 Å². The second-order valence-corrected chi connectivity index (χ2v) is 5.32. The molecular formula is C11H13Cl2N3S. The Morgan fingerprint density at radius 1 is 1.35 bits per heavy atom. The van der Waals surface area contributed by atoms with Crippen LogP contribution in [0.5, 0.6) is 0 Å². The van der Waals surface area contributed by atoms with Crippen LogP contribution in [0.3, 0.4) is 0 Å². The van der Waals surface area contributed by atoms with E-state index in [0.29, 0.717) is 27.0 Å². The zero-order chi connectivity index (χ0) is 12.3. The molecule has 0 aliphatic heterocycles. The van der Waals surface area contributed by atoms with Gasteiger partial charge in [0.1, 0.15) is 0 Å². The number of hydrogen-bond donors (Lipinski definition) is 2. The zero-order valence-electron chi connectivity index (χ0n) is 9.17. The molecule has 2 rings (SSSR count). The van der Waals surface area contributed by atoms with E-state index in [2.05, 4.69) is 15.6 Å². The molecule has 92 valence electrons. The van der Waals surface area contributed by atoms with Crippen molar-refractivity contribution in [1.29, 1.82) is 0 Å². The molecule has 0 aromatic carbocycles. The lowest BCUT2D eigenvalue weighted by Crippen LogP contribution is -2.36. The fourth-order valence-corrected chi connectivity index (χ4v) is 2.60. The summed E-state index contributed by atoms with van der Waals surface area (Å²) < 4.78 is 0. The van der Waals surface area contributed by atoms with Crippen molar-refractivity contribution in [2.45, 2.75) is 31.7 Å². The monoisotopic (exact) mass is 289 g/mol. The number of rotatable bonds is 2. The van der Waals surface area contributed by atoms with Gasteiger partial charge in [-0.2, -0.15) is 0 Å². The molecule has 17 heavy (non-hydrogen) atoms. The molecule has 2 N–H and O–H groups in total. The van der Waals surface area contributed by atoms with Gasteiger partial charge < -0.3 is 10.6 Å². The van der Waals surface area contributed by atoms with E-state index in [9.17, 15) is 0 Å². The fraction of sp³-hybridized carbons (Fsp3) is 0.455. The van der Waals surface area contributed by atoms with E-state index in [1.165, 1.54) is 31.9 Å². The van der Waals surface area contributed by atoms with E-state index in [1.54, 1.807) is 6.07 Å². The Hall–Kier alpha value is -0.580. The number of nitrogens with zero attached hydrogens (tertiary/aromatic N) is 1. The average molecular weight is 290 g/mol. The van der Waals surface area contributed by atoms with Crippen LogP contribution in [0, 0.1) is 0 Å². The second-order valence-electron chi connectivity index (χ2n) is 4.06. The number of thiocarbonyl (C=S) groups is 1. The lowest BCUT2D eigenvalue weighted by atomic mass is 10.3. The molecule has 0 bridgehead atoms. The van der Waals surface area contributed by atoms with Crippen LogP contribution in [0.2, 0.25) is 10.0 Å². The number of pyridine rings is 1. The maximum atomic E-state index is 5.99. The van der Waals surface area contributed by atoms with Gasteiger partial charge in [-0.05, 0) is 31.1 Å². The molecule has 1 fully saturated rings. The van der Waals surface area contributed by atoms with Crippen molar-refractivity contribution in [1.82, 2.24) is 10.3 Å². The van der Waals surface area contributed by atoms with Gasteiger partial charge in [0.05, 0.1) is 10.0 Å². The summed E-state index contributed by atoms with van der Waals surface area (Å²) in [5.74, 6) is 0.534. The predicted molar refractivity (Wildman–Crippen MR) is 75.9 cm³/mol. The number of halogens is 2. The van der Waals surface area contributed by atoms with Crippen LogP contribution in [0.15, 0.2) is 12.3 Å². The van der Waals surface area contributed by atoms with Crippen molar-refractivity contribution in [2.24, 2.45) is 0 Å². The quantitative estimate of drug-likeness (QED) is 0.816. The van der Waals surface area contributed by atoms with Gasteiger partial charge in [-0.1, -0.05) is 36.0 Å². The highest BCUT2D eigenvalue weighted by Gasteiger charge is 2.16. The van der Waals surface area contributed by atoms with Crippen molar-refractivity contribution in [2.75, 3.05) is 5.32 Å². The average Bonchev–Trinajstić information content (AvgIpc) is 2.75. The molecule has 1 aliphatic rings. The van der Waals surface area contributed by atoms with Crippen LogP contribution in [-0.2, 0) is 0 Å². The molecule has 0 saturated heterocycles. The number of aromatic nitrogens is 1. The number of hydrogen-bond acceptors (Lipinski definition) is 2. The second kappa shape index (κ2) is 5.85. The topological polar surface area (TPSA) is 37.0 Å². The van der Waals surface area contributed by atoms with Crippen LogP contribution in [0.1, 0.15) is 25.7 Å². The van der Waals surface area contributed by atoms with E-state index in [1.807, 2.05) is 0 Å². The minimum atomic E-state index is 0.466. The third kappa shape index (κ3) is 3.69. The largest absolute Gasteiger partial charge is 0.360 e.